The van der Waals surface area contributed by atoms with Gasteiger partial charge < -0.3 is 16.0 Å². The summed E-state index contributed by atoms with van der Waals surface area (Å²) in [5, 5.41) is 3.02. The van der Waals surface area contributed by atoms with Crippen LogP contribution in [-0.2, 0) is 11.2 Å². The van der Waals surface area contributed by atoms with Gasteiger partial charge in [-0.2, -0.15) is 0 Å². The summed E-state index contributed by atoms with van der Waals surface area (Å²) in [5.74, 6) is 0.575. The highest BCUT2D eigenvalue weighted by Gasteiger charge is 2.23. The Kier molecular flexibility index (Phi) is 8.08. The van der Waals surface area contributed by atoms with Crippen molar-refractivity contribution in [1.82, 2.24) is 5.32 Å². The molecule has 3 N–H and O–H groups in total. The molecule has 0 saturated carbocycles. The molecule has 0 radical (unpaired) electrons. The maximum atomic E-state index is 12.3. The lowest BCUT2D eigenvalue weighted by atomic mass is 10.2. The van der Waals surface area contributed by atoms with Crippen LogP contribution < -0.4 is 16.0 Å². The van der Waals surface area contributed by atoms with Crippen LogP contribution in [0, 0.1) is 0 Å². The topological polar surface area (TPSA) is 70.7 Å². The molecular formula is C17H25IN4O. The first-order valence-electron chi connectivity index (χ1n) is 7.64. The largest absolute Gasteiger partial charge is 0.370 e. The number of nitrogens with zero attached hydrogens (tertiary/aromatic N) is 2. The summed E-state index contributed by atoms with van der Waals surface area (Å²) < 4.78 is 0. The molecule has 1 heterocycles. The van der Waals surface area contributed by atoms with Crippen molar-refractivity contribution in [3.05, 3.63) is 42.0 Å². The zero-order valence-electron chi connectivity index (χ0n) is 13.5. The van der Waals surface area contributed by atoms with Gasteiger partial charge in [-0.3, -0.25) is 4.79 Å². The maximum absolute atomic E-state index is 12.3. The number of nitrogens with one attached hydrogen (secondary N) is 1. The van der Waals surface area contributed by atoms with E-state index in [9.17, 15) is 4.79 Å². The quantitative estimate of drug-likeness (QED) is 0.241. The van der Waals surface area contributed by atoms with E-state index in [2.05, 4.69) is 23.0 Å². The maximum Gasteiger partial charge on any atom is 0.227 e. The number of guanidine groups is 1. The van der Waals surface area contributed by atoms with Crippen molar-refractivity contribution in [1.29, 1.82) is 0 Å². The molecule has 0 unspecified atom stereocenters. The van der Waals surface area contributed by atoms with Crippen LogP contribution in [0.25, 0.3) is 0 Å². The smallest absolute Gasteiger partial charge is 0.227 e. The molecule has 0 spiro atoms. The summed E-state index contributed by atoms with van der Waals surface area (Å²) >= 11 is 0. The van der Waals surface area contributed by atoms with Crippen LogP contribution in [0.4, 0.5) is 5.69 Å². The van der Waals surface area contributed by atoms with Gasteiger partial charge in [0.1, 0.15) is 0 Å². The number of hydrogen-bond donors (Lipinski definition) is 2. The highest BCUT2D eigenvalue weighted by atomic mass is 127. The Balaban J connectivity index is 0.00000264. The number of aliphatic imine (C=N–C) groups is 1. The van der Waals surface area contributed by atoms with Gasteiger partial charge in [0.2, 0.25) is 5.91 Å². The number of para-hydroxylation sites is 1. The van der Waals surface area contributed by atoms with Crippen molar-refractivity contribution < 1.29 is 4.79 Å². The van der Waals surface area contributed by atoms with E-state index in [-0.39, 0.29) is 29.9 Å². The molecule has 6 heteroatoms. The van der Waals surface area contributed by atoms with E-state index in [1.165, 1.54) is 5.56 Å². The van der Waals surface area contributed by atoms with Crippen molar-refractivity contribution in [2.24, 2.45) is 10.7 Å². The molecule has 1 amide bonds. The molecule has 1 aliphatic rings. The van der Waals surface area contributed by atoms with Gasteiger partial charge in [0, 0.05) is 25.2 Å². The van der Waals surface area contributed by atoms with Crippen LogP contribution in [0.3, 0.4) is 0 Å². The number of fused-ring (bicyclic) bond motifs is 1. The molecular weight excluding hydrogens is 403 g/mol. The summed E-state index contributed by atoms with van der Waals surface area (Å²) in [7, 11) is 0. The van der Waals surface area contributed by atoms with Gasteiger partial charge in [0.25, 0.3) is 0 Å². The average Bonchev–Trinajstić information content (AvgIpc) is 2.93. The van der Waals surface area contributed by atoms with Gasteiger partial charge in [0.15, 0.2) is 5.96 Å². The fraction of sp³-hybridized carbons (Fsp3) is 0.412. The number of nitrogens with two attached hydrogens (primary N) is 1. The molecule has 1 aromatic carbocycles. The fourth-order valence-electron chi connectivity index (χ4n) is 2.46. The second-order valence-corrected chi connectivity index (χ2v) is 5.61. The van der Waals surface area contributed by atoms with E-state index in [1.807, 2.05) is 30.0 Å². The van der Waals surface area contributed by atoms with Crippen LogP contribution >= 0.6 is 24.0 Å². The second-order valence-electron chi connectivity index (χ2n) is 5.61. The summed E-state index contributed by atoms with van der Waals surface area (Å²) in [6.07, 6.45) is 2.19. The number of hydrogen-bond acceptors (Lipinski definition) is 2. The lowest BCUT2D eigenvalue weighted by Gasteiger charge is -2.17. The Morgan fingerprint density at radius 1 is 1.43 bits per heavy atom. The lowest BCUT2D eigenvalue weighted by Crippen LogP contribution is -2.34. The van der Waals surface area contributed by atoms with Crippen LogP contribution in [0.1, 0.15) is 25.3 Å². The zero-order valence-corrected chi connectivity index (χ0v) is 15.9. The van der Waals surface area contributed by atoms with E-state index < -0.39 is 0 Å². The van der Waals surface area contributed by atoms with Crippen molar-refractivity contribution in [2.45, 2.75) is 26.2 Å². The highest BCUT2D eigenvalue weighted by Crippen LogP contribution is 2.27. The summed E-state index contributed by atoms with van der Waals surface area (Å²) in [6.45, 7) is 7.64. The molecule has 1 aromatic rings. The lowest BCUT2D eigenvalue weighted by molar-refractivity contribution is -0.118. The van der Waals surface area contributed by atoms with Gasteiger partial charge in [-0.25, -0.2) is 4.99 Å². The minimum absolute atomic E-state index is 0. The van der Waals surface area contributed by atoms with Crippen LogP contribution in [0.5, 0.6) is 0 Å². The Labute approximate surface area is 155 Å². The minimum atomic E-state index is 0. The Morgan fingerprint density at radius 3 is 2.91 bits per heavy atom. The monoisotopic (exact) mass is 428 g/mol. The first-order valence-corrected chi connectivity index (χ1v) is 7.64. The Morgan fingerprint density at radius 2 is 2.17 bits per heavy atom. The standard InChI is InChI=1S/C17H24N4O.HI/c1-13(2)12-20-17(18)19-10-5-8-16(22)21-11-9-14-6-3-4-7-15(14)21;/h3-4,6-7H,1,5,8-12H2,2H3,(H3,18,19,20);1H. The van der Waals surface area contributed by atoms with Crippen molar-refractivity contribution in [2.75, 3.05) is 24.5 Å². The number of benzene rings is 1. The number of carbonyl (C=O) groups is 1. The predicted molar refractivity (Wildman–Crippen MR) is 106 cm³/mol. The first kappa shape index (κ1) is 19.5. The van der Waals surface area contributed by atoms with Crippen molar-refractivity contribution in [3.63, 3.8) is 0 Å². The molecule has 1 aliphatic heterocycles. The number of anilines is 1. The van der Waals surface area contributed by atoms with Gasteiger partial charge in [0.05, 0.1) is 6.54 Å². The molecule has 126 valence electrons. The molecule has 0 fully saturated rings. The normalized spacial score (nSPS) is 13.3. The van der Waals surface area contributed by atoms with Gasteiger partial charge in [-0.15, -0.1) is 24.0 Å². The molecule has 5 nitrogen and oxygen atoms in total. The number of amides is 1. The molecule has 0 saturated heterocycles. The number of rotatable bonds is 6. The van der Waals surface area contributed by atoms with E-state index in [4.69, 9.17) is 5.73 Å². The third-order valence-corrected chi connectivity index (χ3v) is 3.58. The van der Waals surface area contributed by atoms with Gasteiger partial charge in [-0.1, -0.05) is 30.4 Å². The Hall–Kier alpha value is -1.57. The van der Waals surface area contributed by atoms with E-state index in [0.717, 1.165) is 30.6 Å². The first-order chi connectivity index (χ1) is 10.6. The second kappa shape index (κ2) is 9.54. The minimum Gasteiger partial charge on any atom is -0.370 e. The molecule has 23 heavy (non-hydrogen) atoms. The SMILES string of the molecule is C=C(C)CN=C(N)NCCCC(=O)N1CCc2ccccc21.I. The molecule has 0 aromatic heterocycles. The molecule has 0 aliphatic carbocycles. The van der Waals surface area contributed by atoms with Crippen LogP contribution in [0.15, 0.2) is 41.4 Å². The van der Waals surface area contributed by atoms with Crippen molar-refractivity contribution in [3.8, 4) is 0 Å². The van der Waals surface area contributed by atoms with Crippen LogP contribution in [-0.4, -0.2) is 31.5 Å². The number of halogens is 1. The van der Waals surface area contributed by atoms with Crippen LogP contribution in [0.2, 0.25) is 0 Å². The highest BCUT2D eigenvalue weighted by molar-refractivity contribution is 14.0. The molecule has 2 rings (SSSR count). The molecule has 0 bridgehead atoms. The molecule has 0 atom stereocenters. The number of carbonyl (C=O) groups excluding carboxylic acids is 1. The summed E-state index contributed by atoms with van der Waals surface area (Å²) in [6, 6.07) is 8.10. The predicted octanol–water partition coefficient (Wildman–Crippen LogP) is 2.45. The van der Waals surface area contributed by atoms with E-state index in [1.54, 1.807) is 0 Å². The summed E-state index contributed by atoms with van der Waals surface area (Å²) in [4.78, 5) is 18.3. The third kappa shape index (κ3) is 5.85. The van der Waals surface area contributed by atoms with Gasteiger partial charge >= 0.3 is 0 Å². The van der Waals surface area contributed by atoms with Gasteiger partial charge in [-0.05, 0) is 31.4 Å². The third-order valence-electron chi connectivity index (χ3n) is 3.58. The fourth-order valence-corrected chi connectivity index (χ4v) is 2.46. The zero-order chi connectivity index (χ0) is 15.9. The van der Waals surface area contributed by atoms with E-state index >= 15 is 0 Å². The Bertz CT molecular complexity index is 586. The van der Waals surface area contributed by atoms with Crippen molar-refractivity contribution >= 4 is 41.5 Å². The average molecular weight is 428 g/mol. The van der Waals surface area contributed by atoms with E-state index in [0.29, 0.717) is 25.5 Å². The summed E-state index contributed by atoms with van der Waals surface area (Å²) in [5.41, 5.74) is 9.01.